The van der Waals surface area contributed by atoms with E-state index in [2.05, 4.69) is 0 Å². The van der Waals surface area contributed by atoms with Gasteiger partial charge in [-0.25, -0.2) is 0 Å². The van der Waals surface area contributed by atoms with E-state index in [1.54, 1.807) is 31.3 Å². The monoisotopic (exact) mass is 218 g/mol. The molecule has 0 bridgehead atoms. The topological polar surface area (TPSA) is 63.5 Å². The van der Waals surface area contributed by atoms with Crippen LogP contribution in [0.25, 0.3) is 5.57 Å². The molecule has 0 atom stereocenters. The summed E-state index contributed by atoms with van der Waals surface area (Å²) in [6, 6.07) is 7.17. The summed E-state index contributed by atoms with van der Waals surface area (Å²) in [5.74, 6) is -0.133. The summed E-state index contributed by atoms with van der Waals surface area (Å²) in [4.78, 5) is 23.1. The minimum absolute atomic E-state index is 0.0779. The highest BCUT2D eigenvalue weighted by Crippen LogP contribution is 2.33. The lowest BCUT2D eigenvalue weighted by Crippen LogP contribution is -2.30. The Hall–Kier alpha value is -2.17. The standard InChI is InChI=1S/C11H10N2O3/c1-12-10-5-3-2-4-9(10)8(6-11(12)14)7-13(15)16/h2-5,7H,6H2,1H3/b8-7+. The van der Waals surface area contributed by atoms with Crippen LogP contribution in [0.2, 0.25) is 0 Å². The average molecular weight is 218 g/mol. The second-order valence-electron chi connectivity index (χ2n) is 3.59. The average Bonchev–Trinajstić information content (AvgIpc) is 2.25. The van der Waals surface area contributed by atoms with Gasteiger partial charge in [0.25, 0.3) is 0 Å². The SMILES string of the molecule is CN1C(=O)C/C(=C\[N+](=O)[O-])c2ccccc21. The molecule has 2 rings (SSSR count). The summed E-state index contributed by atoms with van der Waals surface area (Å²) >= 11 is 0. The number of rotatable bonds is 1. The summed E-state index contributed by atoms with van der Waals surface area (Å²) in [5, 5.41) is 10.5. The number of fused-ring (bicyclic) bond motifs is 1. The molecule has 1 amide bonds. The quantitative estimate of drug-likeness (QED) is 0.532. The van der Waals surface area contributed by atoms with E-state index >= 15 is 0 Å². The van der Waals surface area contributed by atoms with Gasteiger partial charge in [0.15, 0.2) is 0 Å². The fraction of sp³-hybridized carbons (Fsp3) is 0.182. The number of hydrogen-bond acceptors (Lipinski definition) is 3. The van der Waals surface area contributed by atoms with E-state index in [0.717, 1.165) is 11.8 Å². The smallest absolute Gasteiger partial charge is 0.238 e. The van der Waals surface area contributed by atoms with Crippen molar-refractivity contribution in [3.63, 3.8) is 0 Å². The van der Waals surface area contributed by atoms with E-state index in [0.29, 0.717) is 11.3 Å². The molecule has 0 unspecified atom stereocenters. The minimum Gasteiger partial charge on any atom is -0.315 e. The highest BCUT2D eigenvalue weighted by Gasteiger charge is 2.25. The molecule has 1 aromatic rings. The van der Waals surface area contributed by atoms with Crippen molar-refractivity contribution < 1.29 is 9.72 Å². The molecule has 0 aliphatic carbocycles. The van der Waals surface area contributed by atoms with Crippen LogP contribution in [-0.4, -0.2) is 17.9 Å². The first-order valence-corrected chi connectivity index (χ1v) is 4.80. The summed E-state index contributed by atoms with van der Waals surface area (Å²) in [6.45, 7) is 0. The lowest BCUT2D eigenvalue weighted by atomic mass is 9.96. The number of benzene rings is 1. The molecule has 0 saturated carbocycles. The van der Waals surface area contributed by atoms with Crippen LogP contribution in [0, 0.1) is 10.1 Å². The third-order valence-corrected chi connectivity index (χ3v) is 2.59. The van der Waals surface area contributed by atoms with Gasteiger partial charge in [-0.1, -0.05) is 18.2 Å². The first kappa shape index (κ1) is 10.4. The number of anilines is 1. The zero-order valence-electron chi connectivity index (χ0n) is 8.71. The number of carbonyl (C=O) groups is 1. The van der Waals surface area contributed by atoms with Crippen LogP contribution in [0.1, 0.15) is 12.0 Å². The minimum atomic E-state index is -0.523. The molecule has 0 N–H and O–H groups in total. The van der Waals surface area contributed by atoms with Gasteiger partial charge in [0.05, 0.1) is 17.0 Å². The van der Waals surface area contributed by atoms with Crippen LogP contribution in [0.15, 0.2) is 30.5 Å². The normalized spacial score (nSPS) is 17.4. The van der Waals surface area contributed by atoms with E-state index in [1.165, 1.54) is 4.90 Å². The summed E-state index contributed by atoms with van der Waals surface area (Å²) in [7, 11) is 1.67. The van der Waals surface area contributed by atoms with Crippen molar-refractivity contribution in [3.8, 4) is 0 Å². The van der Waals surface area contributed by atoms with E-state index in [1.807, 2.05) is 0 Å². The highest BCUT2D eigenvalue weighted by molar-refractivity contribution is 6.06. The molecule has 82 valence electrons. The van der Waals surface area contributed by atoms with Crippen molar-refractivity contribution in [2.75, 3.05) is 11.9 Å². The first-order chi connectivity index (χ1) is 7.59. The van der Waals surface area contributed by atoms with Crippen LogP contribution in [0.5, 0.6) is 0 Å². The molecule has 0 saturated heterocycles. The number of hydrogen-bond donors (Lipinski definition) is 0. The Kier molecular flexibility index (Phi) is 2.44. The summed E-state index contributed by atoms with van der Waals surface area (Å²) in [6.07, 6.45) is 0.984. The van der Waals surface area contributed by atoms with Crippen molar-refractivity contribution in [2.24, 2.45) is 0 Å². The molecular formula is C11H10N2O3. The lowest BCUT2D eigenvalue weighted by Gasteiger charge is -2.26. The largest absolute Gasteiger partial charge is 0.315 e. The third-order valence-electron chi connectivity index (χ3n) is 2.59. The van der Waals surface area contributed by atoms with Crippen LogP contribution in [-0.2, 0) is 4.79 Å². The maximum Gasteiger partial charge on any atom is 0.238 e. The van der Waals surface area contributed by atoms with Gasteiger partial charge in [-0.15, -0.1) is 0 Å². The molecule has 5 heteroatoms. The van der Waals surface area contributed by atoms with Gasteiger partial charge in [0.2, 0.25) is 12.1 Å². The van der Waals surface area contributed by atoms with Gasteiger partial charge < -0.3 is 4.90 Å². The number of amides is 1. The van der Waals surface area contributed by atoms with Gasteiger partial charge in [0, 0.05) is 18.2 Å². The molecule has 0 aromatic heterocycles. The Labute approximate surface area is 92.1 Å². The Morgan fingerprint density at radius 2 is 2.12 bits per heavy atom. The number of para-hydroxylation sites is 1. The van der Waals surface area contributed by atoms with Gasteiger partial charge in [-0.3, -0.25) is 14.9 Å². The molecular weight excluding hydrogens is 208 g/mol. The Morgan fingerprint density at radius 1 is 1.44 bits per heavy atom. The van der Waals surface area contributed by atoms with Crippen molar-refractivity contribution in [3.05, 3.63) is 46.1 Å². The van der Waals surface area contributed by atoms with Gasteiger partial charge in [0.1, 0.15) is 0 Å². The van der Waals surface area contributed by atoms with Gasteiger partial charge >= 0.3 is 0 Å². The molecule has 0 fully saturated rings. The third kappa shape index (κ3) is 1.67. The molecule has 0 spiro atoms. The zero-order valence-corrected chi connectivity index (χ0v) is 8.71. The Bertz CT molecular complexity index is 494. The fourth-order valence-electron chi connectivity index (χ4n) is 1.79. The van der Waals surface area contributed by atoms with Gasteiger partial charge in [-0.2, -0.15) is 0 Å². The van der Waals surface area contributed by atoms with Crippen LogP contribution >= 0.6 is 0 Å². The fourth-order valence-corrected chi connectivity index (χ4v) is 1.79. The highest BCUT2D eigenvalue weighted by atomic mass is 16.6. The van der Waals surface area contributed by atoms with E-state index in [-0.39, 0.29) is 12.3 Å². The van der Waals surface area contributed by atoms with Crippen molar-refractivity contribution in [2.45, 2.75) is 6.42 Å². The molecule has 16 heavy (non-hydrogen) atoms. The van der Waals surface area contributed by atoms with Crippen LogP contribution in [0.3, 0.4) is 0 Å². The second-order valence-corrected chi connectivity index (χ2v) is 3.59. The van der Waals surface area contributed by atoms with Crippen molar-refractivity contribution in [1.82, 2.24) is 0 Å². The number of nitro groups is 1. The Balaban J connectivity index is 2.57. The maximum atomic E-state index is 11.6. The number of carbonyl (C=O) groups excluding carboxylic acids is 1. The molecule has 5 nitrogen and oxygen atoms in total. The predicted molar refractivity (Wildman–Crippen MR) is 59.4 cm³/mol. The lowest BCUT2D eigenvalue weighted by molar-refractivity contribution is -0.401. The summed E-state index contributed by atoms with van der Waals surface area (Å²) in [5.41, 5.74) is 1.93. The molecule has 1 heterocycles. The molecule has 1 aromatic carbocycles. The second kappa shape index (κ2) is 3.77. The zero-order chi connectivity index (χ0) is 11.7. The van der Waals surface area contributed by atoms with Crippen LogP contribution < -0.4 is 4.90 Å². The first-order valence-electron chi connectivity index (χ1n) is 4.80. The molecule has 1 aliphatic rings. The predicted octanol–water partition coefficient (Wildman–Crippen LogP) is 1.67. The van der Waals surface area contributed by atoms with E-state index in [9.17, 15) is 14.9 Å². The van der Waals surface area contributed by atoms with E-state index in [4.69, 9.17) is 0 Å². The maximum absolute atomic E-state index is 11.6. The van der Waals surface area contributed by atoms with Gasteiger partial charge in [-0.05, 0) is 6.07 Å². The van der Waals surface area contributed by atoms with Crippen molar-refractivity contribution in [1.29, 1.82) is 0 Å². The van der Waals surface area contributed by atoms with Crippen molar-refractivity contribution >= 4 is 17.2 Å². The van der Waals surface area contributed by atoms with Crippen LogP contribution in [0.4, 0.5) is 5.69 Å². The Morgan fingerprint density at radius 3 is 2.81 bits per heavy atom. The molecule has 0 radical (unpaired) electrons. The number of nitrogens with zero attached hydrogens (tertiary/aromatic N) is 2. The summed E-state index contributed by atoms with van der Waals surface area (Å²) < 4.78 is 0. The van der Waals surface area contributed by atoms with E-state index < -0.39 is 4.92 Å². The molecule has 1 aliphatic heterocycles.